The summed E-state index contributed by atoms with van der Waals surface area (Å²) in [5.41, 5.74) is 3.91. The molecule has 0 aliphatic carbocycles. The van der Waals surface area contributed by atoms with Crippen LogP contribution in [0.25, 0.3) is 0 Å². The Bertz CT molecular complexity index is 323. The van der Waals surface area contributed by atoms with Gasteiger partial charge in [-0.3, -0.25) is 16.0 Å². The van der Waals surface area contributed by atoms with Crippen LogP contribution in [0.2, 0.25) is 0 Å². The van der Waals surface area contributed by atoms with Gasteiger partial charge in [-0.05, 0) is 25.3 Å². The third-order valence-electron chi connectivity index (χ3n) is 3.34. The first-order valence-electron chi connectivity index (χ1n) is 6.74. The van der Waals surface area contributed by atoms with Crippen LogP contribution >= 0.6 is 0 Å². The summed E-state index contributed by atoms with van der Waals surface area (Å²) in [4.78, 5) is 0. The third-order valence-corrected chi connectivity index (χ3v) is 3.34. The first-order chi connectivity index (χ1) is 8.74. The van der Waals surface area contributed by atoms with E-state index in [0.717, 1.165) is 31.4 Å². The Morgan fingerprint density at radius 3 is 2.72 bits per heavy atom. The quantitative estimate of drug-likeness (QED) is 0.519. The molecule has 0 amide bonds. The van der Waals surface area contributed by atoms with Crippen molar-refractivity contribution in [1.82, 2.24) is 15.2 Å². The number of hydrogen-bond donors (Lipinski definition) is 2. The number of rotatable bonds is 9. The Labute approximate surface area is 110 Å². The lowest BCUT2D eigenvalue weighted by molar-refractivity contribution is 0.182. The number of nitrogens with one attached hydrogen (secondary N) is 1. The molecule has 1 heterocycles. The molecule has 0 fully saturated rings. The van der Waals surface area contributed by atoms with Crippen molar-refractivity contribution in [2.75, 3.05) is 13.7 Å². The zero-order valence-corrected chi connectivity index (χ0v) is 11.7. The van der Waals surface area contributed by atoms with E-state index in [1.165, 1.54) is 0 Å². The van der Waals surface area contributed by atoms with Gasteiger partial charge >= 0.3 is 0 Å². The standard InChI is InChI=1S/C13H26N4O/c1-4-13(5-2)17-8-6-12(16-17)10-11(15-14)7-9-18-3/h6,8,11,13,15H,4-5,7,9-10,14H2,1-3H3. The Balaban J connectivity index is 2.56. The summed E-state index contributed by atoms with van der Waals surface area (Å²) in [6.45, 7) is 5.10. The number of hydrazine groups is 1. The summed E-state index contributed by atoms with van der Waals surface area (Å²) in [6.07, 6.45) is 6.02. The molecule has 1 rings (SSSR count). The molecule has 0 saturated heterocycles. The molecule has 3 N–H and O–H groups in total. The Hall–Kier alpha value is -0.910. The second-order valence-corrected chi connectivity index (χ2v) is 4.61. The molecule has 0 saturated carbocycles. The molecule has 5 heteroatoms. The van der Waals surface area contributed by atoms with E-state index < -0.39 is 0 Å². The molecule has 18 heavy (non-hydrogen) atoms. The molecule has 0 aliphatic heterocycles. The van der Waals surface area contributed by atoms with Crippen molar-refractivity contribution in [1.29, 1.82) is 0 Å². The number of nitrogens with zero attached hydrogens (tertiary/aromatic N) is 2. The summed E-state index contributed by atoms with van der Waals surface area (Å²) in [7, 11) is 1.70. The van der Waals surface area contributed by atoms with E-state index in [2.05, 4.69) is 41.3 Å². The lowest BCUT2D eigenvalue weighted by Gasteiger charge is -2.15. The first kappa shape index (κ1) is 15.1. The monoisotopic (exact) mass is 254 g/mol. The number of hydrogen-bond acceptors (Lipinski definition) is 4. The highest BCUT2D eigenvalue weighted by molar-refractivity contribution is 5.02. The van der Waals surface area contributed by atoms with Gasteiger partial charge in [0.25, 0.3) is 0 Å². The molecule has 0 aromatic carbocycles. The van der Waals surface area contributed by atoms with Crippen molar-refractivity contribution >= 4 is 0 Å². The second kappa shape index (κ2) is 8.24. The molecule has 1 aromatic rings. The predicted molar refractivity (Wildman–Crippen MR) is 73.2 cm³/mol. The molecular weight excluding hydrogens is 228 g/mol. The fourth-order valence-corrected chi connectivity index (χ4v) is 2.11. The minimum absolute atomic E-state index is 0.218. The van der Waals surface area contributed by atoms with Crippen molar-refractivity contribution in [3.8, 4) is 0 Å². The van der Waals surface area contributed by atoms with Crippen LogP contribution in [0, 0.1) is 0 Å². The molecule has 5 nitrogen and oxygen atoms in total. The number of methoxy groups -OCH3 is 1. The largest absolute Gasteiger partial charge is 0.385 e. The fraction of sp³-hybridized carbons (Fsp3) is 0.769. The van der Waals surface area contributed by atoms with Crippen LogP contribution in [0.5, 0.6) is 0 Å². The highest BCUT2D eigenvalue weighted by Crippen LogP contribution is 2.15. The van der Waals surface area contributed by atoms with Crippen molar-refractivity contribution in [3.05, 3.63) is 18.0 Å². The maximum Gasteiger partial charge on any atom is 0.0640 e. The van der Waals surface area contributed by atoms with Gasteiger partial charge in [-0.15, -0.1) is 0 Å². The molecule has 0 aliphatic rings. The van der Waals surface area contributed by atoms with Crippen LogP contribution in [0.1, 0.15) is 44.8 Å². The van der Waals surface area contributed by atoms with Gasteiger partial charge in [-0.25, -0.2) is 0 Å². The van der Waals surface area contributed by atoms with Crippen LogP contribution in [-0.2, 0) is 11.2 Å². The topological polar surface area (TPSA) is 65.1 Å². The minimum atomic E-state index is 0.218. The highest BCUT2D eigenvalue weighted by Gasteiger charge is 2.12. The van der Waals surface area contributed by atoms with E-state index in [9.17, 15) is 0 Å². The van der Waals surface area contributed by atoms with Gasteiger partial charge in [-0.2, -0.15) is 5.10 Å². The maximum absolute atomic E-state index is 5.54. The van der Waals surface area contributed by atoms with Gasteiger partial charge in [0.1, 0.15) is 0 Å². The van der Waals surface area contributed by atoms with Crippen molar-refractivity contribution in [3.63, 3.8) is 0 Å². The normalized spacial score (nSPS) is 13.2. The minimum Gasteiger partial charge on any atom is -0.385 e. The van der Waals surface area contributed by atoms with Crippen molar-refractivity contribution in [2.45, 2.75) is 51.6 Å². The van der Waals surface area contributed by atoms with Gasteiger partial charge in [-0.1, -0.05) is 13.8 Å². The summed E-state index contributed by atoms with van der Waals surface area (Å²) in [5, 5.41) is 4.63. The highest BCUT2D eigenvalue weighted by atomic mass is 16.5. The zero-order valence-electron chi connectivity index (χ0n) is 11.7. The molecule has 0 spiro atoms. The third kappa shape index (κ3) is 4.40. The van der Waals surface area contributed by atoms with Gasteiger partial charge in [0, 0.05) is 32.4 Å². The summed E-state index contributed by atoms with van der Waals surface area (Å²) in [6, 6.07) is 2.80. The molecule has 0 bridgehead atoms. The smallest absolute Gasteiger partial charge is 0.0640 e. The zero-order chi connectivity index (χ0) is 13.4. The van der Waals surface area contributed by atoms with Gasteiger partial charge in [0.2, 0.25) is 0 Å². The van der Waals surface area contributed by atoms with E-state index in [1.54, 1.807) is 7.11 Å². The van der Waals surface area contributed by atoms with E-state index in [1.807, 2.05) is 0 Å². The van der Waals surface area contributed by atoms with Gasteiger partial charge in [0.15, 0.2) is 0 Å². The van der Waals surface area contributed by atoms with E-state index in [-0.39, 0.29) is 6.04 Å². The first-order valence-corrected chi connectivity index (χ1v) is 6.74. The number of ether oxygens (including phenoxy) is 1. The van der Waals surface area contributed by atoms with Crippen molar-refractivity contribution in [2.24, 2.45) is 5.84 Å². The van der Waals surface area contributed by atoms with Crippen LogP contribution in [0.4, 0.5) is 0 Å². The number of aromatic nitrogens is 2. The fourth-order valence-electron chi connectivity index (χ4n) is 2.11. The van der Waals surface area contributed by atoms with E-state index in [0.29, 0.717) is 12.6 Å². The van der Waals surface area contributed by atoms with Crippen LogP contribution in [-0.4, -0.2) is 29.5 Å². The lowest BCUT2D eigenvalue weighted by Crippen LogP contribution is -2.37. The summed E-state index contributed by atoms with van der Waals surface area (Å²) < 4.78 is 7.14. The lowest BCUT2D eigenvalue weighted by atomic mass is 10.1. The van der Waals surface area contributed by atoms with Crippen molar-refractivity contribution < 1.29 is 4.74 Å². The summed E-state index contributed by atoms with van der Waals surface area (Å²) >= 11 is 0. The predicted octanol–water partition coefficient (Wildman–Crippen LogP) is 1.66. The summed E-state index contributed by atoms with van der Waals surface area (Å²) in [5.74, 6) is 5.54. The average Bonchev–Trinajstić information content (AvgIpc) is 2.84. The molecular formula is C13H26N4O. The van der Waals surface area contributed by atoms with E-state index in [4.69, 9.17) is 10.6 Å². The Morgan fingerprint density at radius 2 is 2.17 bits per heavy atom. The average molecular weight is 254 g/mol. The Morgan fingerprint density at radius 1 is 1.44 bits per heavy atom. The van der Waals surface area contributed by atoms with Gasteiger partial charge in [0.05, 0.1) is 11.7 Å². The Kier molecular flexibility index (Phi) is 6.93. The van der Waals surface area contributed by atoms with Crippen LogP contribution in [0.15, 0.2) is 12.3 Å². The molecule has 0 radical (unpaired) electrons. The maximum atomic E-state index is 5.54. The molecule has 1 aromatic heterocycles. The van der Waals surface area contributed by atoms with E-state index >= 15 is 0 Å². The number of nitrogens with two attached hydrogens (primary N) is 1. The molecule has 1 atom stereocenters. The second-order valence-electron chi connectivity index (χ2n) is 4.61. The molecule has 104 valence electrons. The SMILES string of the molecule is CCC(CC)n1ccc(CC(CCOC)NN)n1. The van der Waals surface area contributed by atoms with Crippen LogP contribution in [0.3, 0.4) is 0 Å². The van der Waals surface area contributed by atoms with Gasteiger partial charge < -0.3 is 4.74 Å². The molecule has 1 unspecified atom stereocenters. The van der Waals surface area contributed by atoms with Crippen LogP contribution < -0.4 is 11.3 Å².